The van der Waals surface area contributed by atoms with Gasteiger partial charge in [0, 0.05) is 5.39 Å². The van der Waals surface area contributed by atoms with E-state index >= 15 is 0 Å². The fraction of sp³-hybridized carbons (Fsp3) is 0.231. The number of nitrogens with zero attached hydrogens (tertiary/aromatic N) is 1. The third-order valence-corrected chi connectivity index (χ3v) is 2.56. The number of hydrogen-bond donors (Lipinski definition) is 0. The molecule has 3 nitrogen and oxygen atoms in total. The monoisotopic (exact) mass is 251 g/mol. The molecule has 0 aliphatic rings. The minimum absolute atomic E-state index is 0.0828. The zero-order valence-corrected chi connectivity index (χ0v) is 9.96. The fourth-order valence-electron chi connectivity index (χ4n) is 1.69. The summed E-state index contributed by atoms with van der Waals surface area (Å²) in [5.74, 6) is -2.49. The summed E-state index contributed by atoms with van der Waals surface area (Å²) in [6.45, 7) is 3.49. The molecule has 0 atom stereocenters. The first-order chi connectivity index (χ1) is 8.54. The van der Waals surface area contributed by atoms with Gasteiger partial charge in [-0.05, 0) is 32.0 Å². The Morgan fingerprint density at radius 3 is 2.78 bits per heavy atom. The molecule has 2 aromatic rings. The van der Waals surface area contributed by atoms with Crippen LogP contribution in [0.5, 0.6) is 0 Å². The highest BCUT2D eigenvalue weighted by Crippen LogP contribution is 2.21. The molecule has 0 unspecified atom stereocenters. The second kappa shape index (κ2) is 4.68. The third-order valence-electron chi connectivity index (χ3n) is 2.56. The van der Waals surface area contributed by atoms with Crippen molar-refractivity contribution in [1.82, 2.24) is 4.98 Å². The van der Waals surface area contributed by atoms with Crippen LogP contribution in [0.25, 0.3) is 10.9 Å². The van der Waals surface area contributed by atoms with Crippen LogP contribution in [-0.4, -0.2) is 17.6 Å². The molecule has 1 aromatic carbocycles. The van der Waals surface area contributed by atoms with Gasteiger partial charge in [0.15, 0.2) is 11.6 Å². The van der Waals surface area contributed by atoms with Crippen molar-refractivity contribution >= 4 is 16.9 Å². The van der Waals surface area contributed by atoms with Crippen LogP contribution in [0.15, 0.2) is 18.2 Å². The molecule has 0 amide bonds. The van der Waals surface area contributed by atoms with Gasteiger partial charge in [-0.25, -0.2) is 18.6 Å². The van der Waals surface area contributed by atoms with E-state index in [1.54, 1.807) is 13.8 Å². The Balaban J connectivity index is 2.63. The number of carbonyl (C=O) groups is 1. The Labute approximate surface area is 102 Å². The molecule has 1 heterocycles. The molecule has 0 aliphatic heterocycles. The number of rotatable bonds is 2. The van der Waals surface area contributed by atoms with Gasteiger partial charge in [-0.15, -0.1) is 0 Å². The van der Waals surface area contributed by atoms with E-state index in [2.05, 4.69) is 4.98 Å². The Hall–Kier alpha value is -2.04. The van der Waals surface area contributed by atoms with Gasteiger partial charge in [-0.1, -0.05) is 0 Å². The average molecular weight is 251 g/mol. The number of aromatic nitrogens is 1. The van der Waals surface area contributed by atoms with Gasteiger partial charge in [-0.2, -0.15) is 0 Å². The van der Waals surface area contributed by atoms with E-state index in [1.165, 1.54) is 12.1 Å². The van der Waals surface area contributed by atoms with Crippen molar-refractivity contribution in [3.05, 3.63) is 41.1 Å². The van der Waals surface area contributed by atoms with E-state index in [4.69, 9.17) is 4.74 Å². The van der Waals surface area contributed by atoms with Gasteiger partial charge in [-0.3, -0.25) is 0 Å². The summed E-state index contributed by atoms with van der Waals surface area (Å²) in [6.07, 6.45) is 0. The van der Waals surface area contributed by atoms with Crippen molar-refractivity contribution in [2.45, 2.75) is 13.8 Å². The van der Waals surface area contributed by atoms with Crippen molar-refractivity contribution in [3.8, 4) is 0 Å². The third kappa shape index (κ3) is 2.03. The lowest BCUT2D eigenvalue weighted by Crippen LogP contribution is -2.08. The first-order valence-corrected chi connectivity index (χ1v) is 5.47. The molecular weight excluding hydrogens is 240 g/mol. The molecule has 2 rings (SSSR count). The summed E-state index contributed by atoms with van der Waals surface area (Å²) in [5, 5.41) is 0.363. The Bertz CT molecular complexity index is 626. The van der Waals surface area contributed by atoms with Gasteiger partial charge in [0.05, 0.1) is 17.9 Å². The first kappa shape index (κ1) is 12.4. The van der Waals surface area contributed by atoms with Crippen LogP contribution in [0.4, 0.5) is 8.78 Å². The summed E-state index contributed by atoms with van der Waals surface area (Å²) >= 11 is 0. The standard InChI is InChI=1S/C13H11F2NO2/c1-3-18-13(17)9-6-8-4-5-10(14)11(15)12(8)16-7(9)2/h4-6H,3H2,1-2H3. The SMILES string of the molecule is CCOC(=O)c1cc2ccc(F)c(F)c2nc1C. The zero-order valence-electron chi connectivity index (χ0n) is 9.96. The highest BCUT2D eigenvalue weighted by Gasteiger charge is 2.15. The molecule has 18 heavy (non-hydrogen) atoms. The highest BCUT2D eigenvalue weighted by atomic mass is 19.2. The highest BCUT2D eigenvalue weighted by molar-refractivity contribution is 5.95. The number of carbonyl (C=O) groups excluding carboxylic acids is 1. The van der Waals surface area contributed by atoms with Gasteiger partial charge in [0.25, 0.3) is 0 Å². The normalized spacial score (nSPS) is 10.7. The van der Waals surface area contributed by atoms with E-state index in [0.29, 0.717) is 11.1 Å². The predicted octanol–water partition coefficient (Wildman–Crippen LogP) is 3.00. The maximum atomic E-state index is 13.5. The lowest BCUT2D eigenvalue weighted by Gasteiger charge is -2.07. The smallest absolute Gasteiger partial charge is 0.339 e. The van der Waals surface area contributed by atoms with E-state index in [9.17, 15) is 13.6 Å². The molecule has 0 aliphatic carbocycles. The number of ether oxygens (including phenoxy) is 1. The summed E-state index contributed by atoms with van der Waals surface area (Å²) in [4.78, 5) is 15.6. The Kier molecular flexibility index (Phi) is 3.23. The van der Waals surface area contributed by atoms with Gasteiger partial charge >= 0.3 is 5.97 Å². The molecule has 0 saturated heterocycles. The minimum Gasteiger partial charge on any atom is -0.462 e. The zero-order chi connectivity index (χ0) is 13.3. The van der Waals surface area contributed by atoms with Gasteiger partial charge in [0.2, 0.25) is 0 Å². The number of aryl methyl sites for hydroxylation is 1. The van der Waals surface area contributed by atoms with Crippen LogP contribution in [0.2, 0.25) is 0 Å². The quantitative estimate of drug-likeness (QED) is 0.770. The van der Waals surface area contributed by atoms with Crippen LogP contribution in [0.1, 0.15) is 23.0 Å². The van der Waals surface area contributed by atoms with Crippen molar-refractivity contribution in [2.75, 3.05) is 6.61 Å². The van der Waals surface area contributed by atoms with E-state index < -0.39 is 17.6 Å². The number of esters is 1. The molecule has 0 saturated carbocycles. The van der Waals surface area contributed by atoms with Crippen molar-refractivity contribution in [3.63, 3.8) is 0 Å². The second-order valence-corrected chi connectivity index (χ2v) is 3.77. The second-order valence-electron chi connectivity index (χ2n) is 3.77. The maximum Gasteiger partial charge on any atom is 0.339 e. The van der Waals surface area contributed by atoms with Crippen LogP contribution in [-0.2, 0) is 4.74 Å². The minimum atomic E-state index is -1.01. The van der Waals surface area contributed by atoms with E-state index in [0.717, 1.165) is 6.07 Å². The number of halogens is 2. The van der Waals surface area contributed by atoms with Crippen molar-refractivity contribution in [1.29, 1.82) is 0 Å². The summed E-state index contributed by atoms with van der Waals surface area (Å²) in [6, 6.07) is 3.84. The molecule has 0 spiro atoms. The van der Waals surface area contributed by atoms with Crippen molar-refractivity contribution in [2.24, 2.45) is 0 Å². The molecule has 1 aromatic heterocycles. The number of fused-ring (bicyclic) bond motifs is 1. The molecule has 0 bridgehead atoms. The largest absolute Gasteiger partial charge is 0.462 e. The van der Waals surface area contributed by atoms with Crippen LogP contribution < -0.4 is 0 Å². The topological polar surface area (TPSA) is 39.2 Å². The summed E-state index contributed by atoms with van der Waals surface area (Å²) in [5.41, 5.74) is 0.487. The number of pyridine rings is 1. The van der Waals surface area contributed by atoms with Crippen LogP contribution in [0, 0.1) is 18.6 Å². The number of benzene rings is 1. The van der Waals surface area contributed by atoms with Crippen LogP contribution >= 0.6 is 0 Å². The molecule has 94 valence electrons. The maximum absolute atomic E-state index is 13.5. The fourth-order valence-corrected chi connectivity index (χ4v) is 1.69. The van der Waals surface area contributed by atoms with Gasteiger partial charge < -0.3 is 4.74 Å². The van der Waals surface area contributed by atoms with E-state index in [1.807, 2.05) is 0 Å². The summed E-state index contributed by atoms with van der Waals surface area (Å²) in [7, 11) is 0. The first-order valence-electron chi connectivity index (χ1n) is 5.47. The van der Waals surface area contributed by atoms with Gasteiger partial charge in [0.1, 0.15) is 5.52 Å². The van der Waals surface area contributed by atoms with Crippen LogP contribution in [0.3, 0.4) is 0 Å². The molecule has 5 heteroatoms. The predicted molar refractivity (Wildman–Crippen MR) is 62.4 cm³/mol. The van der Waals surface area contributed by atoms with E-state index in [-0.39, 0.29) is 17.7 Å². The number of hydrogen-bond acceptors (Lipinski definition) is 3. The van der Waals surface area contributed by atoms with Crippen molar-refractivity contribution < 1.29 is 18.3 Å². The lowest BCUT2D eigenvalue weighted by molar-refractivity contribution is 0.0525. The Morgan fingerprint density at radius 1 is 1.39 bits per heavy atom. The molecule has 0 N–H and O–H groups in total. The molecule has 0 radical (unpaired) electrons. The average Bonchev–Trinajstić information content (AvgIpc) is 2.34. The molecule has 0 fully saturated rings. The summed E-state index contributed by atoms with van der Waals surface area (Å²) < 4.78 is 31.4. The molecular formula is C13H11F2NO2. The lowest BCUT2D eigenvalue weighted by atomic mass is 10.1. The Morgan fingerprint density at radius 2 is 2.11 bits per heavy atom.